The number of benzene rings is 2. The lowest BCUT2D eigenvalue weighted by Crippen LogP contribution is -2.50. The van der Waals surface area contributed by atoms with Crippen LogP contribution in [0.4, 0.5) is 0 Å². The van der Waals surface area contributed by atoms with E-state index in [2.05, 4.69) is 53.1 Å². The molecule has 0 bridgehead atoms. The minimum absolute atomic E-state index is 0.0326. The van der Waals surface area contributed by atoms with Crippen LogP contribution in [0.2, 0.25) is 0 Å². The van der Waals surface area contributed by atoms with Crippen LogP contribution >= 0.6 is 0 Å². The predicted molar refractivity (Wildman–Crippen MR) is 135 cm³/mol. The highest BCUT2D eigenvalue weighted by Gasteiger charge is 2.45. The number of ether oxygens (including phenoxy) is 2. The average Bonchev–Trinajstić information content (AvgIpc) is 3.20. The molecule has 1 saturated heterocycles. The van der Waals surface area contributed by atoms with E-state index in [9.17, 15) is 9.90 Å². The molecule has 0 radical (unpaired) electrons. The summed E-state index contributed by atoms with van der Waals surface area (Å²) in [6.07, 6.45) is 2.05. The van der Waals surface area contributed by atoms with Crippen LogP contribution < -0.4 is 0 Å². The van der Waals surface area contributed by atoms with Gasteiger partial charge in [0.25, 0.3) is 0 Å². The van der Waals surface area contributed by atoms with Crippen LogP contribution in [0.3, 0.4) is 0 Å². The van der Waals surface area contributed by atoms with E-state index in [1.165, 1.54) is 11.1 Å². The van der Waals surface area contributed by atoms with Crippen LogP contribution in [0.1, 0.15) is 37.7 Å². The summed E-state index contributed by atoms with van der Waals surface area (Å²) in [6.45, 7) is 3.50. The van der Waals surface area contributed by atoms with Crippen molar-refractivity contribution in [3.05, 3.63) is 60.2 Å². The standard InChI is InChI=1S/C29H35NO5/c31-26-20-27(35-21-22-12-14-24(15-13-22)23-8-4-3-5-9-23)25(10-6-1-2-7-11-28(32)33)29(26)30-16-18-34-19-17-30/h3-5,8-9,12-15,25-27,29,31H,6-7,10-11,16-21H2,(H,32,33). The first-order chi connectivity index (χ1) is 17.1. The van der Waals surface area contributed by atoms with E-state index in [1.54, 1.807) is 0 Å². The fraction of sp³-hybridized carbons (Fsp3) is 0.483. The minimum Gasteiger partial charge on any atom is -0.481 e. The smallest absolute Gasteiger partial charge is 0.304 e. The van der Waals surface area contributed by atoms with Gasteiger partial charge in [0.15, 0.2) is 0 Å². The molecule has 2 aliphatic rings. The van der Waals surface area contributed by atoms with E-state index in [-0.39, 0.29) is 24.5 Å². The Balaban J connectivity index is 1.38. The second-order valence-corrected chi connectivity index (χ2v) is 9.30. The summed E-state index contributed by atoms with van der Waals surface area (Å²) >= 11 is 0. The molecular formula is C29H35NO5. The first kappa shape index (κ1) is 25.4. The zero-order chi connectivity index (χ0) is 24.5. The molecule has 1 heterocycles. The first-order valence-corrected chi connectivity index (χ1v) is 12.5. The Morgan fingerprint density at radius 1 is 1.00 bits per heavy atom. The van der Waals surface area contributed by atoms with Gasteiger partial charge in [-0.3, -0.25) is 9.69 Å². The Labute approximate surface area is 207 Å². The maximum Gasteiger partial charge on any atom is 0.304 e. The number of aliphatic hydroxyl groups is 1. The SMILES string of the molecule is O=C(O)CCC#CCCC1C(OCc2ccc(-c3ccccc3)cc2)CC(O)C1N1CCOCC1. The van der Waals surface area contributed by atoms with Crippen LogP contribution in [0.5, 0.6) is 0 Å². The highest BCUT2D eigenvalue weighted by molar-refractivity contribution is 5.67. The largest absolute Gasteiger partial charge is 0.481 e. The van der Waals surface area contributed by atoms with E-state index in [4.69, 9.17) is 14.6 Å². The summed E-state index contributed by atoms with van der Waals surface area (Å²) in [5.41, 5.74) is 3.48. The maximum absolute atomic E-state index is 11.0. The van der Waals surface area contributed by atoms with Crippen molar-refractivity contribution in [1.29, 1.82) is 0 Å². The van der Waals surface area contributed by atoms with Gasteiger partial charge in [0, 0.05) is 44.3 Å². The fourth-order valence-corrected chi connectivity index (χ4v) is 5.21. The molecule has 1 saturated carbocycles. The second-order valence-electron chi connectivity index (χ2n) is 9.30. The van der Waals surface area contributed by atoms with Gasteiger partial charge < -0.3 is 19.7 Å². The molecule has 1 aliphatic heterocycles. The molecule has 6 heteroatoms. The number of aliphatic hydroxyl groups excluding tert-OH is 1. The number of carboxylic acid groups (broad SMARTS) is 1. The van der Waals surface area contributed by atoms with Gasteiger partial charge in [-0.1, -0.05) is 54.6 Å². The van der Waals surface area contributed by atoms with Crippen molar-refractivity contribution in [3.8, 4) is 23.0 Å². The molecule has 186 valence electrons. The fourth-order valence-electron chi connectivity index (χ4n) is 5.21. The number of hydrogen-bond acceptors (Lipinski definition) is 5. The molecule has 0 spiro atoms. The van der Waals surface area contributed by atoms with Crippen molar-refractivity contribution in [2.24, 2.45) is 5.92 Å². The van der Waals surface area contributed by atoms with Gasteiger partial charge in [0.1, 0.15) is 0 Å². The normalized spacial score (nSPS) is 24.6. The number of morpholine rings is 1. The Hall–Kier alpha value is -2.69. The number of carboxylic acids is 1. The molecule has 4 atom stereocenters. The quantitative estimate of drug-likeness (QED) is 0.532. The van der Waals surface area contributed by atoms with E-state index < -0.39 is 12.1 Å². The third-order valence-corrected chi connectivity index (χ3v) is 6.97. The summed E-state index contributed by atoms with van der Waals surface area (Å²) < 4.78 is 11.9. The third kappa shape index (κ3) is 7.16. The summed E-state index contributed by atoms with van der Waals surface area (Å²) in [4.78, 5) is 13.0. The van der Waals surface area contributed by atoms with E-state index >= 15 is 0 Å². The Bertz CT molecular complexity index is 991. The zero-order valence-corrected chi connectivity index (χ0v) is 20.1. The molecule has 0 amide bonds. The molecule has 35 heavy (non-hydrogen) atoms. The Kier molecular flexibility index (Phi) is 9.33. The van der Waals surface area contributed by atoms with Gasteiger partial charge >= 0.3 is 5.97 Å². The van der Waals surface area contributed by atoms with Crippen molar-refractivity contribution in [3.63, 3.8) is 0 Å². The average molecular weight is 478 g/mol. The number of nitrogens with zero attached hydrogens (tertiary/aromatic N) is 1. The maximum atomic E-state index is 11.0. The summed E-state index contributed by atoms with van der Waals surface area (Å²) in [6, 6.07) is 18.8. The number of hydrogen-bond donors (Lipinski definition) is 2. The van der Waals surface area contributed by atoms with E-state index in [0.29, 0.717) is 39.1 Å². The second kappa shape index (κ2) is 12.9. The minimum atomic E-state index is -0.823. The summed E-state index contributed by atoms with van der Waals surface area (Å²) in [7, 11) is 0. The number of carbonyl (C=O) groups is 1. The van der Waals surface area contributed by atoms with Gasteiger partial charge in [-0.15, -0.1) is 11.8 Å². The summed E-state index contributed by atoms with van der Waals surface area (Å²) in [5.74, 6) is 5.44. The Morgan fingerprint density at radius 2 is 1.69 bits per heavy atom. The van der Waals surface area contributed by atoms with Crippen LogP contribution in [-0.2, 0) is 20.9 Å². The van der Waals surface area contributed by atoms with Crippen molar-refractivity contribution in [1.82, 2.24) is 4.90 Å². The van der Waals surface area contributed by atoms with Gasteiger partial charge in [-0.2, -0.15) is 0 Å². The molecule has 2 N–H and O–H groups in total. The molecule has 6 nitrogen and oxygen atoms in total. The molecule has 1 aliphatic carbocycles. The van der Waals surface area contributed by atoms with Crippen LogP contribution in [0, 0.1) is 17.8 Å². The van der Waals surface area contributed by atoms with E-state index in [0.717, 1.165) is 25.1 Å². The highest BCUT2D eigenvalue weighted by Crippen LogP contribution is 2.37. The molecule has 2 aromatic carbocycles. The lowest BCUT2D eigenvalue weighted by Gasteiger charge is -2.37. The molecule has 4 rings (SSSR count). The topological polar surface area (TPSA) is 79.2 Å². The summed E-state index contributed by atoms with van der Waals surface area (Å²) in [5, 5.41) is 19.8. The van der Waals surface area contributed by atoms with Gasteiger partial charge in [0.2, 0.25) is 0 Å². The third-order valence-electron chi connectivity index (χ3n) is 6.97. The zero-order valence-electron chi connectivity index (χ0n) is 20.1. The van der Waals surface area contributed by atoms with Crippen molar-refractivity contribution < 1.29 is 24.5 Å². The van der Waals surface area contributed by atoms with Gasteiger partial charge in [-0.25, -0.2) is 0 Å². The number of aliphatic carboxylic acids is 1. The predicted octanol–water partition coefficient (Wildman–Crippen LogP) is 3.97. The van der Waals surface area contributed by atoms with Gasteiger partial charge in [-0.05, 0) is 23.1 Å². The lowest BCUT2D eigenvalue weighted by atomic mass is 9.93. The van der Waals surface area contributed by atoms with Crippen LogP contribution in [0.15, 0.2) is 54.6 Å². The number of rotatable bonds is 9. The van der Waals surface area contributed by atoms with Gasteiger partial charge in [0.05, 0.1) is 38.4 Å². The highest BCUT2D eigenvalue weighted by atomic mass is 16.5. The molecule has 2 fully saturated rings. The van der Waals surface area contributed by atoms with Crippen molar-refractivity contribution >= 4 is 5.97 Å². The molecule has 2 aromatic rings. The molecule has 0 aromatic heterocycles. The van der Waals surface area contributed by atoms with Crippen molar-refractivity contribution in [2.45, 2.75) is 57.0 Å². The van der Waals surface area contributed by atoms with Crippen LogP contribution in [-0.4, -0.2) is 65.6 Å². The monoisotopic (exact) mass is 477 g/mol. The van der Waals surface area contributed by atoms with Crippen molar-refractivity contribution in [2.75, 3.05) is 26.3 Å². The molecular weight excluding hydrogens is 442 g/mol. The van der Waals surface area contributed by atoms with E-state index in [1.807, 2.05) is 18.2 Å². The lowest BCUT2D eigenvalue weighted by molar-refractivity contribution is -0.136. The Morgan fingerprint density at radius 3 is 2.40 bits per heavy atom. The first-order valence-electron chi connectivity index (χ1n) is 12.5. The molecule has 4 unspecified atom stereocenters. The van der Waals surface area contributed by atoms with Crippen LogP contribution in [0.25, 0.3) is 11.1 Å².